The van der Waals surface area contributed by atoms with Gasteiger partial charge in [-0.1, -0.05) is 0 Å². The summed E-state index contributed by atoms with van der Waals surface area (Å²) in [6.07, 6.45) is 0. The molecule has 5 heteroatoms. The number of nitrogens with zero attached hydrogens (tertiary/aromatic N) is 1. The molecule has 1 rings (SSSR count). The normalized spacial score (nSPS) is 9.69. The van der Waals surface area contributed by atoms with Crippen molar-refractivity contribution in [3.05, 3.63) is 16.1 Å². The molecule has 4 nitrogen and oxygen atoms in total. The van der Waals surface area contributed by atoms with E-state index in [1.165, 1.54) is 12.3 Å². The van der Waals surface area contributed by atoms with Crippen molar-refractivity contribution in [3.63, 3.8) is 0 Å². The Labute approximate surface area is 79.6 Å². The fourth-order valence-corrected chi connectivity index (χ4v) is 1.42. The van der Waals surface area contributed by atoms with Crippen LogP contribution in [-0.2, 0) is 4.74 Å². The fraction of sp³-hybridized carbons (Fsp3) is 0.375. The zero-order chi connectivity index (χ0) is 9.84. The minimum atomic E-state index is -0.480. The molecule has 0 saturated heterocycles. The van der Waals surface area contributed by atoms with Crippen LogP contribution in [0.15, 0.2) is 5.38 Å². The number of hydrogen-bond donors (Lipinski definition) is 0. The predicted octanol–water partition coefficient (Wildman–Crippen LogP) is 1.52. The molecule has 0 aromatic carbocycles. The van der Waals surface area contributed by atoms with Gasteiger partial charge < -0.3 is 4.74 Å². The van der Waals surface area contributed by atoms with E-state index in [-0.39, 0.29) is 11.5 Å². The number of ether oxygens (including phenoxy) is 1. The second-order valence-corrected chi connectivity index (χ2v) is 3.17. The number of Topliss-reactive ketones (excluding diaryl/α,β-unsaturated/α-hetero) is 1. The topological polar surface area (TPSA) is 56.3 Å². The highest BCUT2D eigenvalue weighted by Crippen LogP contribution is 2.10. The van der Waals surface area contributed by atoms with E-state index in [1.807, 2.05) is 0 Å². The van der Waals surface area contributed by atoms with Gasteiger partial charge >= 0.3 is 5.97 Å². The molecule has 1 heterocycles. The van der Waals surface area contributed by atoms with Gasteiger partial charge in [-0.15, -0.1) is 11.3 Å². The van der Waals surface area contributed by atoms with Gasteiger partial charge in [0.25, 0.3) is 0 Å². The maximum absolute atomic E-state index is 11.1. The van der Waals surface area contributed by atoms with Crippen LogP contribution < -0.4 is 0 Å². The van der Waals surface area contributed by atoms with Crippen LogP contribution in [-0.4, -0.2) is 23.3 Å². The Morgan fingerprint density at radius 2 is 2.31 bits per heavy atom. The Hall–Kier alpha value is -1.23. The molecule has 0 aliphatic heterocycles. The molecule has 13 heavy (non-hydrogen) atoms. The summed E-state index contributed by atoms with van der Waals surface area (Å²) >= 11 is 1.15. The summed E-state index contributed by atoms with van der Waals surface area (Å²) in [5.41, 5.74) is 0.206. The Bertz CT molecular complexity index is 332. The highest BCUT2D eigenvalue weighted by atomic mass is 32.1. The summed E-state index contributed by atoms with van der Waals surface area (Å²) in [5.74, 6) is -0.619. The average molecular weight is 199 g/mol. The third-order valence-corrected chi connectivity index (χ3v) is 2.23. The number of thiazole rings is 1. The van der Waals surface area contributed by atoms with Gasteiger partial charge in [0.1, 0.15) is 0 Å². The van der Waals surface area contributed by atoms with Crippen molar-refractivity contribution in [1.82, 2.24) is 4.98 Å². The van der Waals surface area contributed by atoms with Crippen molar-refractivity contribution in [2.75, 3.05) is 6.61 Å². The molecule has 0 saturated carbocycles. The lowest BCUT2D eigenvalue weighted by Crippen LogP contribution is -2.05. The first-order valence-corrected chi connectivity index (χ1v) is 4.66. The van der Waals surface area contributed by atoms with Crippen molar-refractivity contribution in [2.24, 2.45) is 0 Å². The summed E-state index contributed by atoms with van der Waals surface area (Å²) < 4.78 is 4.71. The van der Waals surface area contributed by atoms with E-state index >= 15 is 0 Å². The average Bonchev–Trinajstić information content (AvgIpc) is 2.52. The van der Waals surface area contributed by atoms with Crippen LogP contribution in [0, 0.1) is 0 Å². The van der Waals surface area contributed by atoms with Crippen LogP contribution in [0.1, 0.15) is 34.1 Å². The van der Waals surface area contributed by atoms with E-state index in [4.69, 9.17) is 4.74 Å². The van der Waals surface area contributed by atoms with Gasteiger partial charge in [-0.05, 0) is 6.92 Å². The minimum absolute atomic E-state index is 0.138. The predicted molar refractivity (Wildman–Crippen MR) is 48.1 cm³/mol. The third-order valence-electron chi connectivity index (χ3n) is 1.29. The van der Waals surface area contributed by atoms with Crippen LogP contribution >= 0.6 is 11.3 Å². The second-order valence-electron chi connectivity index (χ2n) is 2.31. The molecule has 0 spiro atoms. The molecule has 0 radical (unpaired) electrons. The SMILES string of the molecule is CCOC(=O)c1csc(C(C)=O)n1. The maximum Gasteiger partial charge on any atom is 0.357 e. The van der Waals surface area contributed by atoms with E-state index in [0.717, 1.165) is 11.3 Å². The largest absolute Gasteiger partial charge is 0.461 e. The quantitative estimate of drug-likeness (QED) is 0.547. The summed E-state index contributed by atoms with van der Waals surface area (Å²) in [5, 5.41) is 1.86. The van der Waals surface area contributed by atoms with Gasteiger partial charge in [-0.2, -0.15) is 0 Å². The van der Waals surface area contributed by atoms with Crippen molar-refractivity contribution < 1.29 is 14.3 Å². The van der Waals surface area contributed by atoms with Crippen LogP contribution in [0.5, 0.6) is 0 Å². The van der Waals surface area contributed by atoms with E-state index in [9.17, 15) is 9.59 Å². The first-order chi connectivity index (χ1) is 6.15. The second kappa shape index (κ2) is 4.13. The fourth-order valence-electron chi connectivity index (χ4n) is 0.734. The number of ketones is 1. The molecule has 0 amide bonds. The molecule has 0 atom stereocenters. The number of esters is 1. The summed E-state index contributed by atoms with van der Waals surface area (Å²) in [6.45, 7) is 3.44. The Morgan fingerprint density at radius 1 is 1.62 bits per heavy atom. The van der Waals surface area contributed by atoms with Crippen molar-refractivity contribution in [3.8, 4) is 0 Å². The molecule has 1 aromatic heterocycles. The first kappa shape index (κ1) is 9.85. The van der Waals surface area contributed by atoms with Crippen molar-refractivity contribution >= 4 is 23.1 Å². The van der Waals surface area contributed by atoms with Gasteiger partial charge in [0.05, 0.1) is 6.61 Å². The highest BCUT2D eigenvalue weighted by Gasteiger charge is 2.13. The van der Waals surface area contributed by atoms with Crippen molar-refractivity contribution in [1.29, 1.82) is 0 Å². The van der Waals surface area contributed by atoms with Gasteiger partial charge in [0.2, 0.25) is 0 Å². The molecular weight excluding hydrogens is 190 g/mol. The Balaban J connectivity index is 2.79. The lowest BCUT2D eigenvalue weighted by Gasteiger charge is -1.95. The first-order valence-electron chi connectivity index (χ1n) is 3.78. The summed E-state index contributed by atoms with van der Waals surface area (Å²) in [7, 11) is 0. The van der Waals surface area contributed by atoms with E-state index in [1.54, 1.807) is 6.92 Å². The number of carbonyl (C=O) groups excluding carboxylic acids is 2. The summed E-state index contributed by atoms with van der Waals surface area (Å²) in [6, 6.07) is 0. The molecule has 0 aliphatic rings. The van der Waals surface area contributed by atoms with Gasteiger partial charge in [0, 0.05) is 12.3 Å². The van der Waals surface area contributed by atoms with Gasteiger partial charge in [0.15, 0.2) is 16.5 Å². The van der Waals surface area contributed by atoms with Crippen LogP contribution in [0.4, 0.5) is 0 Å². The van der Waals surface area contributed by atoms with E-state index in [2.05, 4.69) is 4.98 Å². The van der Waals surface area contributed by atoms with Gasteiger partial charge in [-0.25, -0.2) is 9.78 Å². The molecule has 0 N–H and O–H groups in total. The standard InChI is InChI=1S/C8H9NO3S/c1-3-12-8(11)6-4-13-7(9-6)5(2)10/h4H,3H2,1-2H3. The molecule has 0 bridgehead atoms. The highest BCUT2D eigenvalue weighted by molar-refractivity contribution is 7.11. The molecule has 70 valence electrons. The molecule has 0 unspecified atom stereocenters. The van der Waals surface area contributed by atoms with Gasteiger partial charge in [-0.3, -0.25) is 4.79 Å². The minimum Gasteiger partial charge on any atom is -0.461 e. The Kier molecular flexibility index (Phi) is 3.13. The molecule has 1 aromatic rings. The number of aromatic nitrogens is 1. The van der Waals surface area contributed by atoms with Crippen LogP contribution in [0.2, 0.25) is 0 Å². The molecular formula is C8H9NO3S. The monoisotopic (exact) mass is 199 g/mol. The zero-order valence-corrected chi connectivity index (χ0v) is 8.18. The Morgan fingerprint density at radius 3 is 2.77 bits per heavy atom. The van der Waals surface area contributed by atoms with E-state index in [0.29, 0.717) is 11.6 Å². The van der Waals surface area contributed by atoms with Crippen molar-refractivity contribution in [2.45, 2.75) is 13.8 Å². The number of hydrogen-bond acceptors (Lipinski definition) is 5. The smallest absolute Gasteiger partial charge is 0.357 e. The lowest BCUT2D eigenvalue weighted by molar-refractivity contribution is 0.0520. The van der Waals surface area contributed by atoms with Crippen LogP contribution in [0.25, 0.3) is 0 Å². The third kappa shape index (κ3) is 2.35. The maximum atomic E-state index is 11.1. The van der Waals surface area contributed by atoms with E-state index < -0.39 is 5.97 Å². The summed E-state index contributed by atoms with van der Waals surface area (Å²) in [4.78, 5) is 25.7. The molecule has 0 aliphatic carbocycles. The zero-order valence-electron chi connectivity index (χ0n) is 7.36. The van der Waals surface area contributed by atoms with Crippen LogP contribution in [0.3, 0.4) is 0 Å². The number of rotatable bonds is 3. The number of carbonyl (C=O) groups is 2. The lowest BCUT2D eigenvalue weighted by atomic mass is 10.4. The molecule has 0 fully saturated rings.